The normalized spacial score (nSPS) is 20.4. The second-order valence-corrected chi connectivity index (χ2v) is 5.46. The number of benzene rings is 1. The smallest absolute Gasteiger partial charge is 0.123 e. The van der Waals surface area contributed by atoms with Gasteiger partial charge >= 0.3 is 0 Å². The lowest BCUT2D eigenvalue weighted by Crippen LogP contribution is -2.26. The van der Waals surface area contributed by atoms with Crippen molar-refractivity contribution in [1.82, 2.24) is 4.90 Å². The van der Waals surface area contributed by atoms with Gasteiger partial charge in [-0.2, -0.15) is 0 Å². The summed E-state index contributed by atoms with van der Waals surface area (Å²) in [6.45, 7) is 1.09. The molecule has 3 heteroatoms. The number of hydrogen-bond donors (Lipinski definition) is 0. The van der Waals surface area contributed by atoms with E-state index in [4.69, 9.17) is 0 Å². The van der Waals surface area contributed by atoms with Gasteiger partial charge in [-0.15, -0.1) is 11.8 Å². The fourth-order valence-corrected chi connectivity index (χ4v) is 3.19. The van der Waals surface area contributed by atoms with Crippen LogP contribution < -0.4 is 0 Å². The van der Waals surface area contributed by atoms with E-state index in [0.717, 1.165) is 18.7 Å². The maximum atomic E-state index is 13.1. The largest absolute Gasteiger partial charge is 0.309 e. The van der Waals surface area contributed by atoms with E-state index >= 15 is 0 Å². The van der Waals surface area contributed by atoms with Crippen molar-refractivity contribution in [1.29, 1.82) is 0 Å². The molecule has 0 saturated carbocycles. The molecule has 1 aliphatic rings. The Morgan fingerprint density at radius 3 is 3.00 bits per heavy atom. The van der Waals surface area contributed by atoms with Crippen LogP contribution in [0.3, 0.4) is 0 Å². The van der Waals surface area contributed by atoms with Crippen LogP contribution in [-0.2, 0) is 6.42 Å². The lowest BCUT2D eigenvalue weighted by molar-refractivity contribution is 0.339. The molecule has 0 N–H and O–H groups in total. The zero-order valence-corrected chi connectivity index (χ0v) is 9.98. The third-order valence-corrected chi connectivity index (χ3v) is 3.98. The predicted octanol–water partition coefficient (Wildman–Crippen LogP) is 2.65. The lowest BCUT2D eigenvalue weighted by Gasteiger charge is -2.26. The summed E-state index contributed by atoms with van der Waals surface area (Å²) in [6, 6.07) is 5.14. The van der Waals surface area contributed by atoms with Crippen molar-refractivity contribution in [3.05, 3.63) is 29.6 Å². The van der Waals surface area contributed by atoms with Crippen molar-refractivity contribution in [2.45, 2.75) is 11.3 Å². The molecule has 1 atom stereocenters. The summed E-state index contributed by atoms with van der Waals surface area (Å²) >= 11 is 1.85. The Hall–Kier alpha value is -0.540. The van der Waals surface area contributed by atoms with Crippen molar-refractivity contribution in [2.24, 2.45) is 5.92 Å². The van der Waals surface area contributed by atoms with Crippen molar-refractivity contribution in [3.63, 3.8) is 0 Å². The maximum absolute atomic E-state index is 13.1. The summed E-state index contributed by atoms with van der Waals surface area (Å²) < 4.78 is 13.1. The molecule has 0 spiro atoms. The lowest BCUT2D eigenvalue weighted by atomic mass is 10.00. The molecule has 1 aromatic carbocycles. The monoisotopic (exact) mass is 225 g/mol. The highest BCUT2D eigenvalue weighted by molar-refractivity contribution is 7.99. The van der Waals surface area contributed by atoms with Gasteiger partial charge in [0.05, 0.1) is 0 Å². The molecule has 2 rings (SSSR count). The molecule has 1 aliphatic heterocycles. The van der Waals surface area contributed by atoms with Crippen LogP contribution in [0.4, 0.5) is 4.39 Å². The fourth-order valence-electron chi connectivity index (χ4n) is 2.06. The highest BCUT2D eigenvalue weighted by atomic mass is 32.2. The van der Waals surface area contributed by atoms with Gasteiger partial charge in [-0.1, -0.05) is 0 Å². The average molecular weight is 225 g/mol. The first kappa shape index (κ1) is 11.0. The molecular formula is C12H16FNS. The Morgan fingerprint density at radius 2 is 2.27 bits per heavy atom. The summed E-state index contributed by atoms with van der Waals surface area (Å²) in [5.41, 5.74) is 1.18. The number of thioether (sulfide) groups is 1. The van der Waals surface area contributed by atoms with Crippen molar-refractivity contribution in [3.8, 4) is 0 Å². The maximum Gasteiger partial charge on any atom is 0.123 e. The second-order valence-electron chi connectivity index (χ2n) is 4.40. The standard InChI is InChI=1S/C12H16FNS/c1-14(2)7-9-5-10-6-11(13)3-4-12(10)15-8-9/h3-4,6,9H,5,7-8H2,1-2H3. The third kappa shape index (κ3) is 2.73. The highest BCUT2D eigenvalue weighted by Crippen LogP contribution is 2.33. The number of hydrogen-bond acceptors (Lipinski definition) is 2. The fraction of sp³-hybridized carbons (Fsp3) is 0.500. The van der Waals surface area contributed by atoms with Crippen LogP contribution in [0.15, 0.2) is 23.1 Å². The zero-order chi connectivity index (χ0) is 10.8. The first-order valence-corrected chi connectivity index (χ1v) is 6.19. The van der Waals surface area contributed by atoms with Gasteiger partial charge in [0, 0.05) is 17.2 Å². The Balaban J connectivity index is 2.11. The van der Waals surface area contributed by atoms with E-state index in [1.54, 1.807) is 12.1 Å². The van der Waals surface area contributed by atoms with E-state index in [9.17, 15) is 4.39 Å². The first-order chi connectivity index (χ1) is 7.15. The number of fused-ring (bicyclic) bond motifs is 1. The quantitative estimate of drug-likeness (QED) is 0.761. The molecule has 0 bridgehead atoms. The summed E-state index contributed by atoms with van der Waals surface area (Å²) in [5, 5.41) is 0. The van der Waals surface area contributed by atoms with Crippen LogP contribution in [0.5, 0.6) is 0 Å². The van der Waals surface area contributed by atoms with Crippen LogP contribution in [0.2, 0.25) is 0 Å². The molecule has 0 aromatic heterocycles. The van der Waals surface area contributed by atoms with Gasteiger partial charge in [-0.05, 0) is 50.2 Å². The summed E-state index contributed by atoms with van der Waals surface area (Å²) in [5.74, 6) is 1.69. The minimum absolute atomic E-state index is 0.111. The summed E-state index contributed by atoms with van der Waals surface area (Å²) in [4.78, 5) is 3.46. The molecule has 0 amide bonds. The van der Waals surface area contributed by atoms with Gasteiger partial charge < -0.3 is 4.90 Å². The Bertz CT molecular complexity index is 351. The van der Waals surface area contributed by atoms with Crippen LogP contribution in [0.1, 0.15) is 5.56 Å². The minimum Gasteiger partial charge on any atom is -0.309 e. The second kappa shape index (κ2) is 4.54. The summed E-state index contributed by atoms with van der Waals surface area (Å²) in [7, 11) is 4.18. The average Bonchev–Trinajstić information content (AvgIpc) is 2.16. The molecule has 0 aliphatic carbocycles. The van der Waals surface area contributed by atoms with Gasteiger partial charge in [0.2, 0.25) is 0 Å². The Kier molecular flexibility index (Phi) is 3.32. The number of nitrogens with zero attached hydrogens (tertiary/aromatic N) is 1. The van der Waals surface area contributed by atoms with E-state index in [1.165, 1.54) is 10.5 Å². The van der Waals surface area contributed by atoms with Crippen molar-refractivity contribution >= 4 is 11.8 Å². The van der Waals surface area contributed by atoms with E-state index in [0.29, 0.717) is 5.92 Å². The Morgan fingerprint density at radius 1 is 1.47 bits per heavy atom. The van der Waals surface area contributed by atoms with Crippen LogP contribution >= 0.6 is 11.8 Å². The number of halogens is 1. The molecule has 1 nitrogen and oxygen atoms in total. The SMILES string of the molecule is CN(C)CC1CSc2ccc(F)cc2C1. The predicted molar refractivity (Wildman–Crippen MR) is 62.9 cm³/mol. The molecule has 15 heavy (non-hydrogen) atoms. The molecule has 0 saturated heterocycles. The molecule has 1 unspecified atom stereocenters. The van der Waals surface area contributed by atoms with E-state index in [2.05, 4.69) is 19.0 Å². The Labute approximate surface area is 94.7 Å². The van der Waals surface area contributed by atoms with Gasteiger partial charge in [0.1, 0.15) is 5.82 Å². The molecule has 1 heterocycles. The molecule has 0 radical (unpaired) electrons. The third-order valence-electron chi connectivity index (χ3n) is 2.63. The molecular weight excluding hydrogens is 209 g/mol. The molecule has 82 valence electrons. The van der Waals surface area contributed by atoms with Gasteiger partial charge in [-0.3, -0.25) is 0 Å². The van der Waals surface area contributed by atoms with Crippen LogP contribution in [0.25, 0.3) is 0 Å². The van der Waals surface area contributed by atoms with Crippen LogP contribution in [-0.4, -0.2) is 31.3 Å². The highest BCUT2D eigenvalue weighted by Gasteiger charge is 2.19. The molecule has 0 fully saturated rings. The van der Waals surface area contributed by atoms with Gasteiger partial charge in [-0.25, -0.2) is 4.39 Å². The van der Waals surface area contributed by atoms with E-state index in [-0.39, 0.29) is 5.82 Å². The van der Waals surface area contributed by atoms with Crippen molar-refractivity contribution in [2.75, 3.05) is 26.4 Å². The van der Waals surface area contributed by atoms with Gasteiger partial charge in [0.25, 0.3) is 0 Å². The number of rotatable bonds is 2. The zero-order valence-electron chi connectivity index (χ0n) is 9.16. The summed E-state index contributed by atoms with van der Waals surface area (Å²) in [6.07, 6.45) is 1.01. The minimum atomic E-state index is -0.111. The van der Waals surface area contributed by atoms with E-state index < -0.39 is 0 Å². The van der Waals surface area contributed by atoms with Crippen molar-refractivity contribution < 1.29 is 4.39 Å². The topological polar surface area (TPSA) is 3.24 Å². The first-order valence-electron chi connectivity index (χ1n) is 5.21. The molecule has 1 aromatic rings. The van der Waals surface area contributed by atoms with Gasteiger partial charge in [0.15, 0.2) is 0 Å². The van der Waals surface area contributed by atoms with Crippen LogP contribution in [0, 0.1) is 11.7 Å². The van der Waals surface area contributed by atoms with E-state index in [1.807, 2.05) is 17.8 Å².